The minimum Gasteiger partial charge on any atom is -0.507 e. The van der Waals surface area contributed by atoms with Crippen LogP contribution < -0.4 is 5.32 Å². The highest BCUT2D eigenvalue weighted by Gasteiger charge is 2.31. The van der Waals surface area contributed by atoms with E-state index in [2.05, 4.69) is 5.32 Å². The zero-order valence-electron chi connectivity index (χ0n) is 13.3. The van der Waals surface area contributed by atoms with Crippen LogP contribution in [0.15, 0.2) is 30.0 Å². The first-order chi connectivity index (χ1) is 10.8. The van der Waals surface area contributed by atoms with Gasteiger partial charge in [-0.1, -0.05) is 19.9 Å². The number of ketones is 2. The second-order valence-corrected chi connectivity index (χ2v) is 5.80. The fourth-order valence-electron chi connectivity index (χ4n) is 2.52. The molecule has 1 aromatic carbocycles. The SMILES string of the molecule is COC(=O)[C@H](CC(C)C)NC1=CC(=O)c2c(O)cccc2C1=O. The molecule has 6 nitrogen and oxygen atoms in total. The maximum absolute atomic E-state index is 12.5. The summed E-state index contributed by atoms with van der Waals surface area (Å²) >= 11 is 0. The Morgan fingerprint density at radius 2 is 2.00 bits per heavy atom. The number of allylic oxidation sites excluding steroid dienone is 2. The van der Waals surface area contributed by atoms with Gasteiger partial charge in [-0.05, 0) is 24.5 Å². The van der Waals surface area contributed by atoms with E-state index in [4.69, 9.17) is 4.74 Å². The van der Waals surface area contributed by atoms with Gasteiger partial charge in [0.25, 0.3) is 0 Å². The van der Waals surface area contributed by atoms with Crippen molar-refractivity contribution in [1.29, 1.82) is 0 Å². The average molecular weight is 317 g/mol. The van der Waals surface area contributed by atoms with Crippen molar-refractivity contribution in [3.63, 3.8) is 0 Å². The van der Waals surface area contributed by atoms with Gasteiger partial charge in [0.2, 0.25) is 5.78 Å². The molecule has 122 valence electrons. The average Bonchev–Trinajstić information content (AvgIpc) is 2.50. The van der Waals surface area contributed by atoms with Crippen LogP contribution in [-0.4, -0.2) is 35.8 Å². The van der Waals surface area contributed by atoms with Gasteiger partial charge < -0.3 is 15.2 Å². The molecule has 2 N–H and O–H groups in total. The maximum Gasteiger partial charge on any atom is 0.328 e. The molecule has 0 fully saturated rings. The molecule has 0 amide bonds. The molecule has 0 aromatic heterocycles. The van der Waals surface area contributed by atoms with Crippen molar-refractivity contribution >= 4 is 17.5 Å². The molecular formula is C17H19NO5. The third kappa shape index (κ3) is 3.41. The van der Waals surface area contributed by atoms with Crippen LogP contribution >= 0.6 is 0 Å². The Labute approximate surface area is 134 Å². The number of phenols is 1. The van der Waals surface area contributed by atoms with Gasteiger partial charge in [0.15, 0.2) is 5.78 Å². The zero-order valence-corrected chi connectivity index (χ0v) is 13.3. The van der Waals surface area contributed by atoms with Crippen molar-refractivity contribution in [2.45, 2.75) is 26.3 Å². The van der Waals surface area contributed by atoms with Crippen molar-refractivity contribution in [2.24, 2.45) is 5.92 Å². The molecule has 6 heteroatoms. The zero-order chi connectivity index (χ0) is 17.1. The first kappa shape index (κ1) is 16.7. The third-order valence-corrected chi connectivity index (χ3v) is 3.58. The monoisotopic (exact) mass is 317 g/mol. The molecular weight excluding hydrogens is 298 g/mol. The highest BCUT2D eigenvalue weighted by molar-refractivity contribution is 6.25. The van der Waals surface area contributed by atoms with Crippen LogP contribution in [0.4, 0.5) is 0 Å². The van der Waals surface area contributed by atoms with Gasteiger partial charge >= 0.3 is 5.97 Å². The van der Waals surface area contributed by atoms with E-state index < -0.39 is 23.6 Å². The fraction of sp³-hybridized carbons (Fsp3) is 0.353. The molecule has 0 radical (unpaired) electrons. The Kier molecular flexibility index (Phi) is 4.83. The van der Waals surface area contributed by atoms with Crippen molar-refractivity contribution < 1.29 is 24.2 Å². The van der Waals surface area contributed by atoms with E-state index in [0.717, 1.165) is 6.08 Å². The number of hydrogen-bond acceptors (Lipinski definition) is 6. The number of aromatic hydroxyl groups is 1. The van der Waals surface area contributed by atoms with E-state index in [-0.39, 0.29) is 28.5 Å². The summed E-state index contributed by atoms with van der Waals surface area (Å²) in [5.74, 6) is -1.45. The Morgan fingerprint density at radius 3 is 2.61 bits per heavy atom. The van der Waals surface area contributed by atoms with E-state index in [9.17, 15) is 19.5 Å². The van der Waals surface area contributed by atoms with Crippen LogP contribution in [0.5, 0.6) is 5.75 Å². The largest absolute Gasteiger partial charge is 0.507 e. The molecule has 1 atom stereocenters. The number of rotatable bonds is 5. The molecule has 1 aromatic rings. The summed E-state index contributed by atoms with van der Waals surface area (Å²) in [5.41, 5.74) is 0.138. The molecule has 0 unspecified atom stereocenters. The van der Waals surface area contributed by atoms with E-state index in [1.807, 2.05) is 13.8 Å². The predicted octanol–water partition coefficient (Wildman–Crippen LogP) is 1.83. The summed E-state index contributed by atoms with van der Waals surface area (Å²) in [4.78, 5) is 36.5. The lowest BCUT2D eigenvalue weighted by Gasteiger charge is -2.23. The first-order valence-corrected chi connectivity index (χ1v) is 7.32. The summed E-state index contributed by atoms with van der Waals surface area (Å²) in [6.07, 6.45) is 1.57. The van der Waals surface area contributed by atoms with Gasteiger partial charge in [0.1, 0.15) is 11.8 Å². The Bertz CT molecular complexity index is 690. The van der Waals surface area contributed by atoms with Crippen molar-refractivity contribution in [2.75, 3.05) is 7.11 Å². The quantitative estimate of drug-likeness (QED) is 0.805. The van der Waals surface area contributed by atoms with Crippen LogP contribution in [0, 0.1) is 5.92 Å². The van der Waals surface area contributed by atoms with Crippen molar-refractivity contribution in [1.82, 2.24) is 5.32 Å². The Morgan fingerprint density at radius 1 is 1.30 bits per heavy atom. The highest BCUT2D eigenvalue weighted by atomic mass is 16.5. The second kappa shape index (κ2) is 6.64. The van der Waals surface area contributed by atoms with Crippen LogP contribution in [-0.2, 0) is 9.53 Å². The molecule has 0 heterocycles. The van der Waals surface area contributed by atoms with E-state index in [0.29, 0.717) is 6.42 Å². The third-order valence-electron chi connectivity index (χ3n) is 3.58. The number of carbonyl (C=O) groups is 3. The van der Waals surface area contributed by atoms with Gasteiger partial charge in [-0.15, -0.1) is 0 Å². The summed E-state index contributed by atoms with van der Waals surface area (Å²) in [6.45, 7) is 3.88. The number of carbonyl (C=O) groups excluding carboxylic acids is 3. The van der Waals surface area contributed by atoms with Gasteiger partial charge in [0, 0.05) is 11.6 Å². The number of esters is 1. The normalized spacial score (nSPS) is 15.0. The molecule has 0 aliphatic heterocycles. The lowest BCUT2D eigenvalue weighted by molar-refractivity contribution is -0.143. The predicted molar refractivity (Wildman–Crippen MR) is 83.2 cm³/mol. The molecule has 1 aliphatic carbocycles. The lowest BCUT2D eigenvalue weighted by Crippen LogP contribution is -2.41. The van der Waals surface area contributed by atoms with Crippen LogP contribution in [0.1, 0.15) is 41.0 Å². The van der Waals surface area contributed by atoms with E-state index in [1.54, 1.807) is 0 Å². The minimum absolute atomic E-state index is 0.0125. The van der Waals surface area contributed by atoms with E-state index >= 15 is 0 Å². The van der Waals surface area contributed by atoms with Crippen LogP contribution in [0.3, 0.4) is 0 Å². The summed E-state index contributed by atoms with van der Waals surface area (Å²) < 4.78 is 4.74. The number of methoxy groups -OCH3 is 1. The van der Waals surface area contributed by atoms with Crippen LogP contribution in [0.2, 0.25) is 0 Å². The fourth-order valence-corrected chi connectivity index (χ4v) is 2.52. The van der Waals surface area contributed by atoms with Gasteiger partial charge in [-0.2, -0.15) is 0 Å². The molecule has 0 saturated carbocycles. The van der Waals surface area contributed by atoms with Gasteiger partial charge in [-0.25, -0.2) is 4.79 Å². The van der Waals surface area contributed by atoms with Crippen LogP contribution in [0.25, 0.3) is 0 Å². The van der Waals surface area contributed by atoms with Gasteiger partial charge in [-0.3, -0.25) is 9.59 Å². The smallest absolute Gasteiger partial charge is 0.328 e. The number of ether oxygens (including phenoxy) is 1. The lowest BCUT2D eigenvalue weighted by atomic mass is 9.91. The highest BCUT2D eigenvalue weighted by Crippen LogP contribution is 2.28. The van der Waals surface area contributed by atoms with Crippen molar-refractivity contribution in [3.05, 3.63) is 41.1 Å². The molecule has 23 heavy (non-hydrogen) atoms. The molecule has 2 rings (SSSR count). The standard InChI is InChI=1S/C17H19NO5/c1-9(2)7-12(17(22)23-3)18-11-8-14(20)15-10(16(11)21)5-4-6-13(15)19/h4-6,8-9,12,18-19H,7H2,1-3H3/t12-/m0/s1. The Hall–Kier alpha value is -2.63. The number of Topliss-reactive ketones (excluding diaryl/α,β-unsaturated/α-hetero) is 1. The number of fused-ring (bicyclic) bond motifs is 1. The number of benzene rings is 1. The number of nitrogens with one attached hydrogen (secondary N) is 1. The number of hydrogen-bond donors (Lipinski definition) is 2. The summed E-state index contributed by atoms with van der Waals surface area (Å²) in [5, 5.41) is 12.6. The minimum atomic E-state index is -0.721. The molecule has 0 spiro atoms. The maximum atomic E-state index is 12.5. The summed E-state index contributed by atoms with van der Waals surface area (Å²) in [6, 6.07) is 3.60. The van der Waals surface area contributed by atoms with E-state index in [1.165, 1.54) is 25.3 Å². The number of phenolic OH excluding ortho intramolecular Hbond substituents is 1. The Balaban J connectivity index is 2.32. The summed E-state index contributed by atoms with van der Waals surface area (Å²) in [7, 11) is 1.27. The van der Waals surface area contributed by atoms with Crippen molar-refractivity contribution in [3.8, 4) is 5.75 Å². The molecule has 0 saturated heterocycles. The topological polar surface area (TPSA) is 92.7 Å². The second-order valence-electron chi connectivity index (χ2n) is 5.80. The molecule has 1 aliphatic rings. The first-order valence-electron chi connectivity index (χ1n) is 7.32. The van der Waals surface area contributed by atoms with Gasteiger partial charge in [0.05, 0.1) is 18.4 Å². The molecule has 0 bridgehead atoms.